The van der Waals surface area contributed by atoms with Crippen LogP contribution in [0.25, 0.3) is 0 Å². The Morgan fingerprint density at radius 1 is 1.21 bits per heavy atom. The van der Waals surface area contributed by atoms with E-state index in [-0.39, 0.29) is 11.9 Å². The highest BCUT2D eigenvalue weighted by Gasteiger charge is 2.22. The van der Waals surface area contributed by atoms with E-state index in [9.17, 15) is 5.11 Å². The largest absolute Gasteiger partial charge is 0.394 e. The summed E-state index contributed by atoms with van der Waals surface area (Å²) in [5.41, 5.74) is -0.467. The molecule has 7 heteroatoms. The van der Waals surface area contributed by atoms with Crippen LogP contribution in [0, 0.1) is 0 Å². The average molecular weight is 288 g/mol. The summed E-state index contributed by atoms with van der Waals surface area (Å²) in [5, 5.41) is 12.7. The number of anilines is 2. The highest BCUT2D eigenvalue weighted by atomic mass is 35.5. The predicted octanol–water partition coefficient (Wildman–Crippen LogP) is 1.94. The fourth-order valence-corrected chi connectivity index (χ4v) is 1.71. The summed E-state index contributed by atoms with van der Waals surface area (Å²) in [6.45, 7) is 9.52. The third-order valence-electron chi connectivity index (χ3n) is 3.19. The first-order valence-corrected chi connectivity index (χ1v) is 6.91. The van der Waals surface area contributed by atoms with Crippen LogP contribution in [0.5, 0.6) is 0 Å². The second kappa shape index (κ2) is 6.86. The Bertz CT molecular complexity index is 407. The molecule has 0 bridgehead atoms. The smallest absolute Gasteiger partial charge is 0.231 e. The summed E-state index contributed by atoms with van der Waals surface area (Å²) in [7, 11) is 0. The molecule has 0 aliphatic heterocycles. The van der Waals surface area contributed by atoms with Crippen LogP contribution in [0.15, 0.2) is 0 Å². The van der Waals surface area contributed by atoms with Gasteiger partial charge in [0.1, 0.15) is 0 Å². The Hall–Kier alpha value is -1.14. The normalized spacial score (nSPS) is 14.0. The minimum atomic E-state index is -0.467. The van der Waals surface area contributed by atoms with Crippen molar-refractivity contribution in [2.75, 3.05) is 29.9 Å². The lowest BCUT2D eigenvalue weighted by Crippen LogP contribution is -2.39. The Morgan fingerprint density at radius 3 is 2.32 bits per heavy atom. The number of halogens is 1. The lowest BCUT2D eigenvalue weighted by Gasteiger charge is -2.27. The van der Waals surface area contributed by atoms with E-state index in [1.54, 1.807) is 0 Å². The monoisotopic (exact) mass is 287 g/mol. The zero-order valence-electron chi connectivity index (χ0n) is 11.9. The number of hydrogen-bond donors (Lipinski definition) is 2. The Morgan fingerprint density at radius 2 is 1.84 bits per heavy atom. The molecule has 1 heterocycles. The molecule has 0 aromatic carbocycles. The number of hydrogen-bond acceptors (Lipinski definition) is 6. The Balaban J connectivity index is 3.03. The maximum Gasteiger partial charge on any atom is 0.231 e. The maximum atomic E-state index is 9.41. The predicted molar refractivity (Wildman–Crippen MR) is 77.8 cm³/mol. The van der Waals surface area contributed by atoms with Crippen LogP contribution in [0.1, 0.15) is 34.1 Å². The topological polar surface area (TPSA) is 74.2 Å². The van der Waals surface area contributed by atoms with Crippen molar-refractivity contribution in [1.29, 1.82) is 0 Å². The molecule has 1 unspecified atom stereocenters. The molecule has 1 rings (SSSR count). The average Bonchev–Trinajstić information content (AvgIpc) is 2.39. The molecule has 0 spiro atoms. The Kier molecular flexibility index (Phi) is 5.75. The first-order chi connectivity index (χ1) is 8.97. The van der Waals surface area contributed by atoms with E-state index >= 15 is 0 Å². The molecule has 1 aromatic rings. The van der Waals surface area contributed by atoms with E-state index in [4.69, 9.17) is 11.6 Å². The molecule has 1 atom stereocenters. The molecule has 6 nitrogen and oxygen atoms in total. The lowest BCUT2D eigenvalue weighted by molar-refractivity contribution is 0.218. The number of nitrogens with one attached hydrogen (secondary N) is 1. The fourth-order valence-electron chi connectivity index (χ4n) is 1.55. The second-order valence-electron chi connectivity index (χ2n) is 4.60. The molecular formula is C12H22ClN5O. The molecule has 2 N–H and O–H groups in total. The van der Waals surface area contributed by atoms with E-state index in [1.165, 1.54) is 0 Å². The summed E-state index contributed by atoms with van der Waals surface area (Å²) in [6, 6.07) is 0. The maximum absolute atomic E-state index is 9.41. The van der Waals surface area contributed by atoms with E-state index < -0.39 is 5.54 Å². The molecule has 0 fully saturated rings. The van der Waals surface area contributed by atoms with Gasteiger partial charge in [-0.25, -0.2) is 0 Å². The number of aliphatic hydroxyl groups is 1. The van der Waals surface area contributed by atoms with Gasteiger partial charge in [-0.3, -0.25) is 0 Å². The SMILES string of the molecule is CCN(CC)c1nc(Cl)nc(NC(C)(CC)CO)n1. The van der Waals surface area contributed by atoms with Gasteiger partial charge in [0.05, 0.1) is 12.1 Å². The zero-order valence-corrected chi connectivity index (χ0v) is 12.7. The van der Waals surface area contributed by atoms with Crippen LogP contribution in [0.4, 0.5) is 11.9 Å². The highest BCUT2D eigenvalue weighted by molar-refractivity contribution is 6.28. The van der Waals surface area contributed by atoms with Crippen molar-refractivity contribution in [2.45, 2.75) is 39.7 Å². The van der Waals surface area contributed by atoms with E-state index in [2.05, 4.69) is 20.3 Å². The van der Waals surface area contributed by atoms with E-state index in [1.807, 2.05) is 32.6 Å². The minimum absolute atomic E-state index is 0.00654. The van der Waals surface area contributed by atoms with Crippen LogP contribution in [-0.2, 0) is 0 Å². The van der Waals surface area contributed by atoms with Gasteiger partial charge in [-0.2, -0.15) is 15.0 Å². The molecule has 0 radical (unpaired) electrons. The van der Waals surface area contributed by atoms with Crippen LogP contribution < -0.4 is 10.2 Å². The summed E-state index contributed by atoms with van der Waals surface area (Å²) in [5.74, 6) is 0.934. The lowest BCUT2D eigenvalue weighted by atomic mass is 10.0. The number of nitrogens with zero attached hydrogens (tertiary/aromatic N) is 4. The van der Waals surface area contributed by atoms with Gasteiger partial charge < -0.3 is 15.3 Å². The van der Waals surface area contributed by atoms with Gasteiger partial charge in [0, 0.05) is 13.1 Å². The van der Waals surface area contributed by atoms with Crippen molar-refractivity contribution < 1.29 is 5.11 Å². The van der Waals surface area contributed by atoms with Crippen LogP contribution in [0.3, 0.4) is 0 Å². The quantitative estimate of drug-likeness (QED) is 0.798. The van der Waals surface area contributed by atoms with Crippen LogP contribution in [-0.4, -0.2) is 45.3 Å². The van der Waals surface area contributed by atoms with Gasteiger partial charge in [-0.15, -0.1) is 0 Å². The van der Waals surface area contributed by atoms with Crippen molar-refractivity contribution in [3.05, 3.63) is 5.28 Å². The summed E-state index contributed by atoms with van der Waals surface area (Å²) < 4.78 is 0. The number of rotatable bonds is 7. The minimum Gasteiger partial charge on any atom is -0.394 e. The molecule has 0 aliphatic carbocycles. The number of aromatic nitrogens is 3. The van der Waals surface area contributed by atoms with Gasteiger partial charge in [0.2, 0.25) is 17.2 Å². The van der Waals surface area contributed by atoms with Crippen LogP contribution >= 0.6 is 11.6 Å². The second-order valence-corrected chi connectivity index (χ2v) is 4.94. The van der Waals surface area contributed by atoms with Crippen molar-refractivity contribution >= 4 is 23.5 Å². The van der Waals surface area contributed by atoms with Gasteiger partial charge in [-0.1, -0.05) is 6.92 Å². The first kappa shape index (κ1) is 15.9. The summed E-state index contributed by atoms with van der Waals surface area (Å²) >= 11 is 5.93. The zero-order chi connectivity index (χ0) is 14.5. The first-order valence-electron chi connectivity index (χ1n) is 6.53. The molecular weight excluding hydrogens is 266 g/mol. The van der Waals surface area contributed by atoms with E-state index in [0.29, 0.717) is 11.9 Å². The molecule has 0 saturated heterocycles. The summed E-state index contributed by atoms with van der Waals surface area (Å²) in [4.78, 5) is 14.5. The van der Waals surface area contributed by atoms with Crippen molar-refractivity contribution in [3.63, 3.8) is 0 Å². The third-order valence-corrected chi connectivity index (χ3v) is 3.35. The Labute approximate surface area is 119 Å². The van der Waals surface area contributed by atoms with Crippen LogP contribution in [0.2, 0.25) is 5.28 Å². The van der Waals surface area contributed by atoms with Crippen molar-refractivity contribution in [3.8, 4) is 0 Å². The highest BCUT2D eigenvalue weighted by Crippen LogP contribution is 2.18. The van der Waals surface area contributed by atoms with Crippen molar-refractivity contribution in [1.82, 2.24) is 15.0 Å². The van der Waals surface area contributed by atoms with Gasteiger partial charge >= 0.3 is 0 Å². The summed E-state index contributed by atoms with van der Waals surface area (Å²) in [6.07, 6.45) is 0.743. The molecule has 0 amide bonds. The molecule has 1 aromatic heterocycles. The molecule has 108 valence electrons. The van der Waals surface area contributed by atoms with Gasteiger partial charge in [-0.05, 0) is 38.8 Å². The molecule has 19 heavy (non-hydrogen) atoms. The fraction of sp³-hybridized carbons (Fsp3) is 0.750. The molecule has 0 saturated carbocycles. The van der Waals surface area contributed by atoms with Gasteiger partial charge in [0.15, 0.2) is 0 Å². The third kappa shape index (κ3) is 4.18. The van der Waals surface area contributed by atoms with E-state index in [0.717, 1.165) is 19.5 Å². The standard InChI is InChI=1S/C12H22ClN5O/c1-5-12(4,8-19)17-10-14-9(13)15-11(16-10)18(6-2)7-3/h19H,5-8H2,1-4H3,(H,14,15,16,17). The van der Waals surface area contributed by atoms with Crippen molar-refractivity contribution in [2.24, 2.45) is 0 Å². The van der Waals surface area contributed by atoms with Gasteiger partial charge in [0.25, 0.3) is 0 Å². The number of aliphatic hydroxyl groups excluding tert-OH is 1. The molecule has 0 aliphatic rings.